The van der Waals surface area contributed by atoms with Crippen LogP contribution in [-0.2, 0) is 10.3 Å². The van der Waals surface area contributed by atoms with E-state index in [2.05, 4.69) is 5.32 Å². The van der Waals surface area contributed by atoms with E-state index in [9.17, 15) is 9.18 Å². The van der Waals surface area contributed by atoms with E-state index >= 15 is 0 Å². The number of carbonyl (C=O) groups excluding carboxylic acids is 1. The molecule has 4 heteroatoms. The lowest BCUT2D eigenvalue weighted by Crippen LogP contribution is -2.45. The molecular formula is C15H15FN2O. The highest BCUT2D eigenvalue weighted by Crippen LogP contribution is 2.27. The standard InChI is InChI=1S/C15H15FN2O/c1-15(14(17)19,11-7-3-2-4-8-11)18-13-10-6-5-9-12(13)16/h2-10,18H,1H3,(H2,17,19). The van der Waals surface area contributed by atoms with Gasteiger partial charge in [-0.15, -0.1) is 0 Å². The molecule has 1 unspecified atom stereocenters. The molecule has 0 radical (unpaired) electrons. The van der Waals surface area contributed by atoms with Gasteiger partial charge in [-0.25, -0.2) is 4.39 Å². The van der Waals surface area contributed by atoms with E-state index < -0.39 is 17.3 Å². The summed E-state index contributed by atoms with van der Waals surface area (Å²) in [5.74, 6) is -0.993. The third-order valence-electron chi connectivity index (χ3n) is 3.10. The molecule has 1 atom stereocenters. The number of anilines is 1. The number of para-hydroxylation sites is 1. The van der Waals surface area contributed by atoms with Crippen LogP contribution in [0, 0.1) is 5.82 Å². The van der Waals surface area contributed by atoms with Crippen molar-refractivity contribution in [3.8, 4) is 0 Å². The smallest absolute Gasteiger partial charge is 0.247 e. The van der Waals surface area contributed by atoms with Crippen LogP contribution >= 0.6 is 0 Å². The van der Waals surface area contributed by atoms with Crippen LogP contribution in [0.5, 0.6) is 0 Å². The predicted octanol–water partition coefficient (Wildman–Crippen LogP) is 2.64. The Labute approximate surface area is 111 Å². The summed E-state index contributed by atoms with van der Waals surface area (Å²) in [5.41, 5.74) is 5.24. The molecule has 0 spiro atoms. The van der Waals surface area contributed by atoms with E-state index in [0.717, 1.165) is 0 Å². The van der Waals surface area contributed by atoms with Crippen molar-refractivity contribution in [3.63, 3.8) is 0 Å². The van der Waals surface area contributed by atoms with E-state index in [1.54, 1.807) is 49.4 Å². The van der Waals surface area contributed by atoms with Crippen molar-refractivity contribution in [3.05, 3.63) is 66.0 Å². The van der Waals surface area contributed by atoms with Crippen molar-refractivity contribution in [1.29, 1.82) is 0 Å². The lowest BCUT2D eigenvalue weighted by molar-refractivity contribution is -0.122. The van der Waals surface area contributed by atoms with Gasteiger partial charge in [0.25, 0.3) is 0 Å². The maximum Gasteiger partial charge on any atom is 0.247 e. The topological polar surface area (TPSA) is 55.1 Å². The zero-order chi connectivity index (χ0) is 13.9. The van der Waals surface area contributed by atoms with E-state index in [-0.39, 0.29) is 5.69 Å². The summed E-state index contributed by atoms with van der Waals surface area (Å²) < 4.78 is 13.7. The molecule has 0 heterocycles. The Morgan fingerprint density at radius 3 is 2.26 bits per heavy atom. The maximum absolute atomic E-state index is 13.7. The van der Waals surface area contributed by atoms with Crippen molar-refractivity contribution < 1.29 is 9.18 Å². The molecular weight excluding hydrogens is 243 g/mol. The second-order valence-corrected chi connectivity index (χ2v) is 4.46. The second-order valence-electron chi connectivity index (χ2n) is 4.46. The number of amides is 1. The van der Waals surface area contributed by atoms with E-state index in [4.69, 9.17) is 5.73 Å². The highest BCUT2D eigenvalue weighted by molar-refractivity contribution is 5.89. The zero-order valence-corrected chi connectivity index (χ0v) is 10.6. The number of carbonyl (C=O) groups is 1. The highest BCUT2D eigenvalue weighted by atomic mass is 19.1. The molecule has 0 saturated carbocycles. The lowest BCUT2D eigenvalue weighted by Gasteiger charge is -2.29. The third kappa shape index (κ3) is 2.57. The molecule has 0 aliphatic heterocycles. The van der Waals surface area contributed by atoms with Gasteiger partial charge in [0.2, 0.25) is 5.91 Å². The zero-order valence-electron chi connectivity index (χ0n) is 10.6. The molecule has 0 bridgehead atoms. The summed E-state index contributed by atoms with van der Waals surface area (Å²) in [7, 11) is 0. The van der Waals surface area contributed by atoms with Crippen LogP contribution < -0.4 is 11.1 Å². The highest BCUT2D eigenvalue weighted by Gasteiger charge is 2.33. The van der Waals surface area contributed by atoms with Crippen molar-refractivity contribution in [2.45, 2.75) is 12.5 Å². The molecule has 2 aromatic carbocycles. The summed E-state index contributed by atoms with van der Waals surface area (Å²) in [6.07, 6.45) is 0. The number of primary amides is 1. The number of hydrogen-bond acceptors (Lipinski definition) is 2. The van der Waals surface area contributed by atoms with Gasteiger partial charge in [-0.05, 0) is 24.6 Å². The van der Waals surface area contributed by atoms with Crippen LogP contribution in [0.4, 0.5) is 10.1 Å². The normalized spacial score (nSPS) is 13.6. The Hall–Kier alpha value is -2.36. The van der Waals surface area contributed by atoms with Gasteiger partial charge in [0.05, 0.1) is 5.69 Å². The fraction of sp³-hybridized carbons (Fsp3) is 0.133. The Balaban J connectivity index is 2.42. The number of nitrogens with two attached hydrogens (primary N) is 1. The molecule has 0 aliphatic carbocycles. The molecule has 2 aromatic rings. The maximum atomic E-state index is 13.7. The summed E-state index contributed by atoms with van der Waals surface area (Å²) in [5, 5.41) is 2.89. The SMILES string of the molecule is CC(Nc1ccccc1F)(C(N)=O)c1ccccc1. The fourth-order valence-corrected chi connectivity index (χ4v) is 1.88. The number of rotatable bonds is 4. The monoisotopic (exact) mass is 258 g/mol. The Kier molecular flexibility index (Phi) is 3.51. The largest absolute Gasteiger partial charge is 0.367 e. The molecule has 0 aromatic heterocycles. The quantitative estimate of drug-likeness (QED) is 0.885. The average molecular weight is 258 g/mol. The Morgan fingerprint density at radius 2 is 1.68 bits per heavy atom. The van der Waals surface area contributed by atoms with Gasteiger partial charge in [0, 0.05) is 0 Å². The number of halogens is 1. The molecule has 3 nitrogen and oxygen atoms in total. The fourth-order valence-electron chi connectivity index (χ4n) is 1.88. The van der Waals surface area contributed by atoms with Crippen molar-refractivity contribution in [2.75, 3.05) is 5.32 Å². The number of hydrogen-bond donors (Lipinski definition) is 2. The first kappa shape index (κ1) is 13.1. The van der Waals surface area contributed by atoms with Gasteiger partial charge in [-0.3, -0.25) is 4.79 Å². The molecule has 98 valence electrons. The van der Waals surface area contributed by atoms with Crippen LogP contribution in [0.3, 0.4) is 0 Å². The Bertz CT molecular complexity index is 586. The van der Waals surface area contributed by atoms with Gasteiger partial charge in [-0.2, -0.15) is 0 Å². The minimum atomic E-state index is -1.16. The van der Waals surface area contributed by atoms with Gasteiger partial charge in [0.15, 0.2) is 0 Å². The first-order valence-electron chi connectivity index (χ1n) is 5.92. The van der Waals surface area contributed by atoms with E-state index in [1.165, 1.54) is 6.07 Å². The van der Waals surface area contributed by atoms with Crippen LogP contribution in [0.15, 0.2) is 54.6 Å². The molecule has 1 amide bonds. The summed E-state index contributed by atoms with van der Waals surface area (Å²) in [6.45, 7) is 1.64. The van der Waals surface area contributed by atoms with Crippen molar-refractivity contribution in [1.82, 2.24) is 0 Å². The third-order valence-corrected chi connectivity index (χ3v) is 3.10. The Morgan fingerprint density at radius 1 is 1.11 bits per heavy atom. The average Bonchev–Trinajstić information content (AvgIpc) is 2.42. The van der Waals surface area contributed by atoms with Crippen LogP contribution in [-0.4, -0.2) is 5.91 Å². The summed E-state index contributed by atoms with van der Waals surface area (Å²) >= 11 is 0. The number of nitrogens with one attached hydrogen (secondary N) is 1. The minimum absolute atomic E-state index is 0.243. The molecule has 19 heavy (non-hydrogen) atoms. The molecule has 0 saturated heterocycles. The van der Waals surface area contributed by atoms with E-state index in [0.29, 0.717) is 5.56 Å². The first-order chi connectivity index (χ1) is 9.04. The van der Waals surface area contributed by atoms with Crippen LogP contribution in [0.1, 0.15) is 12.5 Å². The van der Waals surface area contributed by atoms with Gasteiger partial charge < -0.3 is 11.1 Å². The molecule has 0 fully saturated rings. The van der Waals surface area contributed by atoms with E-state index in [1.807, 2.05) is 6.07 Å². The lowest BCUT2D eigenvalue weighted by atomic mass is 9.91. The van der Waals surface area contributed by atoms with Crippen molar-refractivity contribution >= 4 is 11.6 Å². The molecule has 2 rings (SSSR count). The second kappa shape index (κ2) is 5.10. The van der Waals surface area contributed by atoms with Gasteiger partial charge in [-0.1, -0.05) is 42.5 Å². The predicted molar refractivity (Wildman–Crippen MR) is 73.0 cm³/mol. The molecule has 0 aliphatic rings. The summed E-state index contributed by atoms with van der Waals surface area (Å²) in [6, 6.07) is 15.2. The minimum Gasteiger partial charge on any atom is -0.367 e. The summed E-state index contributed by atoms with van der Waals surface area (Å²) in [4.78, 5) is 11.8. The van der Waals surface area contributed by atoms with Crippen molar-refractivity contribution in [2.24, 2.45) is 5.73 Å². The van der Waals surface area contributed by atoms with Gasteiger partial charge in [0.1, 0.15) is 11.4 Å². The molecule has 3 N–H and O–H groups in total. The van der Waals surface area contributed by atoms with Gasteiger partial charge >= 0.3 is 0 Å². The van der Waals surface area contributed by atoms with Crippen LogP contribution in [0.2, 0.25) is 0 Å². The number of benzene rings is 2. The first-order valence-corrected chi connectivity index (χ1v) is 5.92. The van der Waals surface area contributed by atoms with Crippen LogP contribution in [0.25, 0.3) is 0 Å².